The molecule has 0 spiro atoms. The van der Waals surface area contributed by atoms with Crippen molar-refractivity contribution in [3.63, 3.8) is 0 Å². The lowest BCUT2D eigenvalue weighted by atomic mass is 10.0. The van der Waals surface area contributed by atoms with E-state index in [9.17, 15) is 9.59 Å². The molecule has 1 unspecified atom stereocenters. The number of hydrogen-bond donors (Lipinski definition) is 2. The first-order valence-corrected chi connectivity index (χ1v) is 13.9. The molecule has 9 heteroatoms. The number of hydrazone groups is 1. The molecule has 37 heavy (non-hydrogen) atoms. The fourth-order valence-electron chi connectivity index (χ4n) is 4.32. The highest BCUT2D eigenvalue weighted by atomic mass is 32.2. The highest BCUT2D eigenvalue weighted by molar-refractivity contribution is 8.00. The normalized spacial score (nSPS) is 17.9. The van der Waals surface area contributed by atoms with E-state index in [1.807, 2.05) is 68.1 Å². The number of thioether (sulfide) groups is 1. The average Bonchev–Trinajstić information content (AvgIpc) is 2.90. The van der Waals surface area contributed by atoms with Crippen LogP contribution in [-0.4, -0.2) is 59.8 Å². The third-order valence-corrected chi connectivity index (χ3v) is 7.55. The van der Waals surface area contributed by atoms with E-state index in [2.05, 4.69) is 15.7 Å². The average molecular weight is 525 g/mol. The maximum Gasteiger partial charge on any atom is 0.243 e. The zero-order chi connectivity index (χ0) is 26.2. The summed E-state index contributed by atoms with van der Waals surface area (Å²) in [7, 11) is 1.62. The molecule has 2 aromatic carbocycles. The summed E-state index contributed by atoms with van der Waals surface area (Å²) in [6, 6.07) is 13.3. The molecule has 2 N–H and O–H groups in total. The number of nitrogens with one attached hydrogen (secondary N) is 2. The molecule has 198 valence electrons. The van der Waals surface area contributed by atoms with E-state index in [1.165, 1.54) is 5.01 Å². The second-order valence-electron chi connectivity index (χ2n) is 9.51. The monoisotopic (exact) mass is 524 g/mol. The molecule has 2 aliphatic rings. The van der Waals surface area contributed by atoms with Gasteiger partial charge in [0.15, 0.2) is 11.5 Å². The molecule has 2 aliphatic heterocycles. The molecule has 2 amide bonds. The number of ether oxygens (including phenoxy) is 2. The van der Waals surface area contributed by atoms with Crippen LogP contribution in [0.1, 0.15) is 50.7 Å². The molecule has 4 rings (SSSR count). The smallest absolute Gasteiger partial charge is 0.243 e. The number of carbonyl (C=O) groups excluding carboxylic acids is 2. The minimum Gasteiger partial charge on any atom is -0.493 e. The van der Waals surface area contributed by atoms with Gasteiger partial charge >= 0.3 is 0 Å². The van der Waals surface area contributed by atoms with Gasteiger partial charge in [-0.05, 0) is 56.2 Å². The van der Waals surface area contributed by atoms with Crippen molar-refractivity contribution in [2.45, 2.75) is 57.4 Å². The molecule has 2 heterocycles. The number of rotatable bonds is 10. The van der Waals surface area contributed by atoms with E-state index in [0.29, 0.717) is 42.6 Å². The highest BCUT2D eigenvalue weighted by Crippen LogP contribution is 2.30. The molecule has 0 bridgehead atoms. The molecular formula is C28H36N4O4S. The Morgan fingerprint density at radius 2 is 2.00 bits per heavy atom. The zero-order valence-electron chi connectivity index (χ0n) is 21.8. The minimum atomic E-state index is -0.0108. The van der Waals surface area contributed by atoms with E-state index in [-0.39, 0.29) is 17.9 Å². The van der Waals surface area contributed by atoms with Gasteiger partial charge in [-0.1, -0.05) is 12.1 Å². The van der Waals surface area contributed by atoms with Crippen LogP contribution in [-0.2, 0) is 16.1 Å². The molecule has 0 aliphatic carbocycles. The van der Waals surface area contributed by atoms with Crippen LogP contribution >= 0.6 is 11.8 Å². The summed E-state index contributed by atoms with van der Waals surface area (Å²) in [5.41, 5.74) is 3.45. The van der Waals surface area contributed by atoms with Crippen molar-refractivity contribution in [1.29, 1.82) is 0 Å². The summed E-state index contributed by atoms with van der Waals surface area (Å²) >= 11 is 1.94. The summed E-state index contributed by atoms with van der Waals surface area (Å²) in [6.45, 7) is 6.32. The molecule has 2 aromatic rings. The Hall–Kier alpha value is -3.04. The largest absolute Gasteiger partial charge is 0.493 e. The van der Waals surface area contributed by atoms with Crippen LogP contribution in [0, 0.1) is 0 Å². The van der Waals surface area contributed by atoms with Gasteiger partial charge in [0.25, 0.3) is 0 Å². The first-order chi connectivity index (χ1) is 17.9. The Balaban J connectivity index is 1.37. The van der Waals surface area contributed by atoms with E-state index in [1.54, 1.807) is 7.11 Å². The van der Waals surface area contributed by atoms with Crippen LogP contribution in [0.3, 0.4) is 0 Å². The van der Waals surface area contributed by atoms with E-state index in [4.69, 9.17) is 9.47 Å². The van der Waals surface area contributed by atoms with Gasteiger partial charge in [0.05, 0.1) is 25.5 Å². The van der Waals surface area contributed by atoms with Crippen LogP contribution in [0.25, 0.3) is 0 Å². The summed E-state index contributed by atoms with van der Waals surface area (Å²) in [4.78, 5) is 25.0. The maximum absolute atomic E-state index is 12.6. The fourth-order valence-corrected chi connectivity index (χ4v) is 5.44. The number of methoxy groups -OCH3 is 1. The van der Waals surface area contributed by atoms with Crippen LogP contribution in [0.15, 0.2) is 47.6 Å². The first kappa shape index (κ1) is 27.0. The Kier molecular flexibility index (Phi) is 9.46. The number of carbonyl (C=O) groups is 2. The fraction of sp³-hybridized carbons (Fsp3) is 0.464. The van der Waals surface area contributed by atoms with Crippen molar-refractivity contribution in [2.24, 2.45) is 5.10 Å². The number of anilines is 1. The predicted octanol–water partition coefficient (Wildman–Crippen LogP) is 4.43. The van der Waals surface area contributed by atoms with Gasteiger partial charge in [0.2, 0.25) is 11.8 Å². The van der Waals surface area contributed by atoms with E-state index >= 15 is 0 Å². The Morgan fingerprint density at radius 3 is 2.70 bits per heavy atom. The molecule has 8 nitrogen and oxygen atoms in total. The van der Waals surface area contributed by atoms with Gasteiger partial charge in [-0.15, -0.1) is 0 Å². The third kappa shape index (κ3) is 7.72. The quantitative estimate of drug-likeness (QED) is 0.478. The maximum atomic E-state index is 12.6. The number of benzene rings is 2. The summed E-state index contributed by atoms with van der Waals surface area (Å²) in [5, 5.41) is 13.1. The molecule has 0 saturated carbocycles. The van der Waals surface area contributed by atoms with Crippen molar-refractivity contribution in [2.75, 3.05) is 31.3 Å². The van der Waals surface area contributed by atoms with Crippen molar-refractivity contribution in [3.8, 4) is 11.5 Å². The Morgan fingerprint density at radius 1 is 1.19 bits per heavy atom. The summed E-state index contributed by atoms with van der Waals surface area (Å²) < 4.78 is 11.3. The topological polar surface area (TPSA) is 92.3 Å². The summed E-state index contributed by atoms with van der Waals surface area (Å²) in [6.07, 6.45) is 2.36. The van der Waals surface area contributed by atoms with Gasteiger partial charge in [0, 0.05) is 54.6 Å². The van der Waals surface area contributed by atoms with Crippen molar-refractivity contribution >= 4 is 35.0 Å². The lowest BCUT2D eigenvalue weighted by Gasteiger charge is -2.24. The Bertz CT molecular complexity index is 1110. The van der Waals surface area contributed by atoms with Gasteiger partial charge in [0.1, 0.15) is 0 Å². The lowest BCUT2D eigenvalue weighted by Crippen LogP contribution is -2.33. The van der Waals surface area contributed by atoms with Gasteiger partial charge in [-0.3, -0.25) is 9.59 Å². The molecule has 1 fully saturated rings. The summed E-state index contributed by atoms with van der Waals surface area (Å²) in [5.74, 6) is 2.45. The second-order valence-corrected chi connectivity index (χ2v) is 10.9. The van der Waals surface area contributed by atoms with Gasteiger partial charge in [-0.2, -0.15) is 16.9 Å². The molecule has 1 atom stereocenters. The van der Waals surface area contributed by atoms with Crippen molar-refractivity contribution < 1.29 is 19.1 Å². The highest BCUT2D eigenvalue weighted by Gasteiger charge is 2.23. The van der Waals surface area contributed by atoms with Crippen molar-refractivity contribution in [1.82, 2.24) is 10.3 Å². The second kappa shape index (κ2) is 13.0. The van der Waals surface area contributed by atoms with E-state index in [0.717, 1.165) is 47.8 Å². The SMILES string of the molecule is COc1ccc(C2=NN(Cc3ccc(NC(=O)CCC4CNCCS4)cc3)C(=O)CC2)cc1OC(C)C. The zero-order valence-corrected chi connectivity index (χ0v) is 22.6. The van der Waals surface area contributed by atoms with Gasteiger partial charge in [-0.25, -0.2) is 5.01 Å². The minimum absolute atomic E-state index is 0.0106. The molecule has 1 saturated heterocycles. The van der Waals surface area contributed by atoms with Crippen LogP contribution in [0.5, 0.6) is 11.5 Å². The standard InChI is InChI=1S/C28H36N4O4S/c1-19(2)36-26-16-21(6-11-25(26)35-3)24-10-13-28(34)32(31-24)18-20-4-7-22(8-5-20)30-27(33)12-9-23-17-29-14-15-37-23/h4-8,11,16,19,23,29H,9-10,12-15,17-18H2,1-3H3,(H,30,33). The van der Waals surface area contributed by atoms with Crippen LogP contribution in [0.2, 0.25) is 0 Å². The van der Waals surface area contributed by atoms with E-state index < -0.39 is 0 Å². The number of amides is 2. The predicted molar refractivity (Wildman–Crippen MR) is 149 cm³/mol. The number of hydrogen-bond acceptors (Lipinski definition) is 7. The number of nitrogens with zero attached hydrogens (tertiary/aromatic N) is 2. The van der Waals surface area contributed by atoms with Crippen LogP contribution < -0.4 is 20.1 Å². The molecule has 0 aromatic heterocycles. The molecular weight excluding hydrogens is 488 g/mol. The third-order valence-electron chi connectivity index (χ3n) is 6.23. The lowest BCUT2D eigenvalue weighted by molar-refractivity contribution is -0.132. The van der Waals surface area contributed by atoms with Crippen LogP contribution in [0.4, 0.5) is 5.69 Å². The molecule has 0 radical (unpaired) electrons. The first-order valence-electron chi connectivity index (χ1n) is 12.9. The van der Waals surface area contributed by atoms with Gasteiger partial charge < -0.3 is 20.1 Å². The van der Waals surface area contributed by atoms with Crippen molar-refractivity contribution in [3.05, 3.63) is 53.6 Å². The Labute approximate surface area is 223 Å².